The second kappa shape index (κ2) is 7.63. The van der Waals surface area contributed by atoms with Crippen LogP contribution in [0.25, 0.3) is 0 Å². The van der Waals surface area contributed by atoms with Gasteiger partial charge in [0.25, 0.3) is 0 Å². The van der Waals surface area contributed by atoms with Gasteiger partial charge in [-0.2, -0.15) is 0 Å². The molecule has 1 aliphatic heterocycles. The first-order valence-electron chi connectivity index (χ1n) is 6.31. The summed E-state index contributed by atoms with van der Waals surface area (Å²) in [4.78, 5) is 10.9. The summed E-state index contributed by atoms with van der Waals surface area (Å²) in [6.45, 7) is 3.68. The van der Waals surface area contributed by atoms with Crippen LogP contribution in [0.3, 0.4) is 0 Å². The third-order valence-corrected chi connectivity index (χ3v) is 3.03. The van der Waals surface area contributed by atoms with Gasteiger partial charge < -0.3 is 15.2 Å². The highest BCUT2D eigenvalue weighted by Crippen LogP contribution is 2.14. The minimum atomic E-state index is -0.735. The average molecular weight is 229 g/mol. The Morgan fingerprint density at radius 3 is 3.00 bits per heavy atom. The van der Waals surface area contributed by atoms with Gasteiger partial charge in [-0.25, -0.2) is 0 Å². The van der Waals surface area contributed by atoms with Crippen LogP contribution in [0.4, 0.5) is 0 Å². The van der Waals surface area contributed by atoms with Gasteiger partial charge in [0.15, 0.2) is 0 Å². The van der Waals surface area contributed by atoms with Crippen LogP contribution in [0.1, 0.15) is 45.4 Å². The number of hydrogen-bond donors (Lipinski definition) is 2. The van der Waals surface area contributed by atoms with Crippen molar-refractivity contribution in [3.63, 3.8) is 0 Å². The van der Waals surface area contributed by atoms with Gasteiger partial charge in [-0.1, -0.05) is 19.8 Å². The van der Waals surface area contributed by atoms with Crippen molar-refractivity contribution < 1.29 is 14.6 Å². The Morgan fingerprint density at radius 2 is 2.44 bits per heavy atom. The second-order valence-corrected chi connectivity index (χ2v) is 4.41. The van der Waals surface area contributed by atoms with E-state index < -0.39 is 5.97 Å². The number of rotatable bonds is 8. The molecule has 0 saturated carbocycles. The van der Waals surface area contributed by atoms with Crippen LogP contribution in [-0.2, 0) is 9.53 Å². The van der Waals surface area contributed by atoms with Crippen molar-refractivity contribution in [1.29, 1.82) is 0 Å². The summed E-state index contributed by atoms with van der Waals surface area (Å²) in [5.41, 5.74) is 0. The molecule has 0 aliphatic carbocycles. The molecule has 1 heterocycles. The van der Waals surface area contributed by atoms with Gasteiger partial charge >= 0.3 is 5.97 Å². The number of nitrogens with one attached hydrogen (secondary N) is 1. The molecule has 0 aromatic carbocycles. The first-order valence-corrected chi connectivity index (χ1v) is 6.31. The molecule has 1 saturated heterocycles. The molecule has 0 bridgehead atoms. The zero-order valence-electron chi connectivity index (χ0n) is 10.1. The molecule has 0 spiro atoms. The Balaban J connectivity index is 2.13. The Hall–Kier alpha value is -0.610. The Morgan fingerprint density at radius 1 is 1.62 bits per heavy atom. The van der Waals surface area contributed by atoms with E-state index in [0.717, 1.165) is 51.7 Å². The van der Waals surface area contributed by atoms with Gasteiger partial charge in [0.1, 0.15) is 6.04 Å². The lowest BCUT2D eigenvalue weighted by Crippen LogP contribution is -2.38. The zero-order chi connectivity index (χ0) is 11.8. The number of carboxylic acids is 1. The van der Waals surface area contributed by atoms with Gasteiger partial charge in [0, 0.05) is 6.61 Å². The summed E-state index contributed by atoms with van der Waals surface area (Å²) in [7, 11) is 0. The van der Waals surface area contributed by atoms with Crippen molar-refractivity contribution in [3.8, 4) is 0 Å². The predicted molar refractivity (Wildman–Crippen MR) is 62.5 cm³/mol. The number of ether oxygens (including phenoxy) is 1. The van der Waals surface area contributed by atoms with Crippen LogP contribution < -0.4 is 5.32 Å². The van der Waals surface area contributed by atoms with E-state index in [4.69, 9.17) is 9.84 Å². The molecule has 1 fully saturated rings. The number of hydrogen-bond acceptors (Lipinski definition) is 3. The highest BCUT2D eigenvalue weighted by atomic mass is 16.5. The van der Waals surface area contributed by atoms with Crippen molar-refractivity contribution in [2.75, 3.05) is 13.2 Å². The molecule has 2 unspecified atom stereocenters. The summed E-state index contributed by atoms with van der Waals surface area (Å²) >= 11 is 0. The standard InChI is InChI=1S/C12H23NO3/c1-2-3-6-11(12(14)15)13-8-7-10-5-4-9-16-10/h10-11,13H,2-9H2,1H3,(H,14,15). The lowest BCUT2D eigenvalue weighted by atomic mass is 10.1. The summed E-state index contributed by atoms with van der Waals surface area (Å²) in [5.74, 6) is -0.735. The highest BCUT2D eigenvalue weighted by Gasteiger charge is 2.18. The monoisotopic (exact) mass is 229 g/mol. The molecule has 1 rings (SSSR count). The van der Waals surface area contributed by atoms with Crippen molar-refractivity contribution in [1.82, 2.24) is 5.32 Å². The minimum Gasteiger partial charge on any atom is -0.480 e. The lowest BCUT2D eigenvalue weighted by molar-refractivity contribution is -0.139. The fourth-order valence-corrected chi connectivity index (χ4v) is 2.01. The van der Waals surface area contributed by atoms with Crippen LogP contribution in [0.15, 0.2) is 0 Å². The molecule has 4 nitrogen and oxygen atoms in total. The lowest BCUT2D eigenvalue weighted by Gasteiger charge is -2.15. The maximum atomic E-state index is 10.9. The number of carboxylic acid groups (broad SMARTS) is 1. The summed E-state index contributed by atoms with van der Waals surface area (Å²) in [5, 5.41) is 12.1. The fraction of sp³-hybridized carbons (Fsp3) is 0.917. The van der Waals surface area contributed by atoms with Crippen molar-refractivity contribution >= 4 is 5.97 Å². The first-order chi connectivity index (χ1) is 7.74. The number of aliphatic carboxylic acids is 1. The zero-order valence-corrected chi connectivity index (χ0v) is 10.1. The molecule has 0 amide bonds. The van der Waals surface area contributed by atoms with Crippen molar-refractivity contribution in [3.05, 3.63) is 0 Å². The minimum absolute atomic E-state index is 0.341. The van der Waals surface area contributed by atoms with Crippen molar-refractivity contribution in [2.45, 2.75) is 57.6 Å². The summed E-state index contributed by atoms with van der Waals surface area (Å²) in [6, 6.07) is -0.388. The van der Waals surface area contributed by atoms with Crippen LogP contribution in [-0.4, -0.2) is 36.4 Å². The Kier molecular flexibility index (Phi) is 6.42. The quantitative estimate of drug-likeness (QED) is 0.666. The average Bonchev–Trinajstić information content (AvgIpc) is 2.75. The summed E-state index contributed by atoms with van der Waals surface area (Å²) in [6.07, 6.45) is 6.25. The van der Waals surface area contributed by atoms with E-state index in [-0.39, 0.29) is 6.04 Å². The number of unbranched alkanes of at least 4 members (excludes halogenated alkanes) is 1. The molecule has 0 aromatic heterocycles. The number of carbonyl (C=O) groups is 1. The molecule has 16 heavy (non-hydrogen) atoms. The molecule has 2 N–H and O–H groups in total. The van der Waals surface area contributed by atoms with E-state index in [1.165, 1.54) is 0 Å². The van der Waals surface area contributed by atoms with Gasteiger partial charge in [-0.05, 0) is 32.2 Å². The maximum Gasteiger partial charge on any atom is 0.320 e. The summed E-state index contributed by atoms with van der Waals surface area (Å²) < 4.78 is 5.49. The molecular weight excluding hydrogens is 206 g/mol. The molecule has 2 atom stereocenters. The Bertz CT molecular complexity index is 202. The van der Waals surface area contributed by atoms with Gasteiger partial charge in [-0.3, -0.25) is 4.79 Å². The third-order valence-electron chi connectivity index (χ3n) is 3.03. The maximum absolute atomic E-state index is 10.9. The van der Waals surface area contributed by atoms with E-state index in [1.807, 2.05) is 0 Å². The molecule has 94 valence electrons. The predicted octanol–water partition coefficient (Wildman–Crippen LogP) is 1.79. The van der Waals surface area contributed by atoms with Crippen LogP contribution in [0, 0.1) is 0 Å². The fourth-order valence-electron chi connectivity index (χ4n) is 2.01. The van der Waals surface area contributed by atoms with Crippen LogP contribution in [0.5, 0.6) is 0 Å². The largest absolute Gasteiger partial charge is 0.480 e. The van der Waals surface area contributed by atoms with E-state index in [2.05, 4.69) is 12.2 Å². The first kappa shape index (κ1) is 13.5. The molecule has 1 aliphatic rings. The van der Waals surface area contributed by atoms with Crippen LogP contribution in [0.2, 0.25) is 0 Å². The smallest absolute Gasteiger partial charge is 0.320 e. The van der Waals surface area contributed by atoms with Crippen molar-refractivity contribution in [2.24, 2.45) is 0 Å². The SMILES string of the molecule is CCCCC(NCCC1CCCO1)C(=O)O. The molecular formula is C12H23NO3. The molecule has 0 radical (unpaired) electrons. The third kappa shape index (κ3) is 4.94. The van der Waals surface area contributed by atoms with E-state index >= 15 is 0 Å². The van der Waals surface area contributed by atoms with E-state index in [0.29, 0.717) is 6.10 Å². The van der Waals surface area contributed by atoms with Crippen LogP contribution >= 0.6 is 0 Å². The normalized spacial score (nSPS) is 22.2. The Labute approximate surface area is 97.4 Å². The van der Waals surface area contributed by atoms with Gasteiger partial charge in [0.2, 0.25) is 0 Å². The van der Waals surface area contributed by atoms with Gasteiger partial charge in [0.05, 0.1) is 6.10 Å². The second-order valence-electron chi connectivity index (χ2n) is 4.41. The van der Waals surface area contributed by atoms with E-state index in [9.17, 15) is 4.79 Å². The van der Waals surface area contributed by atoms with Gasteiger partial charge in [-0.15, -0.1) is 0 Å². The van der Waals surface area contributed by atoms with E-state index in [1.54, 1.807) is 0 Å². The molecule has 0 aromatic rings. The molecule has 4 heteroatoms. The topological polar surface area (TPSA) is 58.6 Å². The highest BCUT2D eigenvalue weighted by molar-refractivity contribution is 5.73.